The van der Waals surface area contributed by atoms with Gasteiger partial charge in [0.05, 0.1) is 16.4 Å². The fourth-order valence-corrected chi connectivity index (χ4v) is 3.06. The molecule has 4 aromatic rings. The molecule has 1 N–H and O–H groups in total. The molecule has 0 saturated carbocycles. The average Bonchev–Trinajstić information content (AvgIpc) is 3.47. The second kappa shape index (κ2) is 7.92. The van der Waals surface area contributed by atoms with Gasteiger partial charge in [0.2, 0.25) is 0 Å². The maximum Gasteiger partial charge on any atom is 0.316 e. The van der Waals surface area contributed by atoms with Crippen molar-refractivity contribution in [1.29, 1.82) is 0 Å². The smallest absolute Gasteiger partial charge is 0.316 e. The van der Waals surface area contributed by atoms with Crippen molar-refractivity contribution >= 4 is 17.5 Å². The summed E-state index contributed by atoms with van der Waals surface area (Å²) in [7, 11) is 0. The van der Waals surface area contributed by atoms with E-state index in [9.17, 15) is 4.79 Å². The van der Waals surface area contributed by atoms with E-state index < -0.39 is 5.91 Å². The van der Waals surface area contributed by atoms with E-state index in [1.807, 2.05) is 67.2 Å². The lowest BCUT2D eigenvalue weighted by atomic mass is 10.2. The molecule has 29 heavy (non-hydrogen) atoms. The molecule has 0 atom stereocenters. The molecule has 0 saturated heterocycles. The number of benzene rings is 1. The predicted molar refractivity (Wildman–Crippen MR) is 107 cm³/mol. The van der Waals surface area contributed by atoms with Crippen LogP contribution in [0.15, 0.2) is 53.3 Å². The number of halogens is 1. The van der Waals surface area contributed by atoms with Gasteiger partial charge in [-0.25, -0.2) is 0 Å². The van der Waals surface area contributed by atoms with Gasteiger partial charge in [-0.3, -0.25) is 9.48 Å². The standard InChI is InChI=1S/C20H19ClN6O2/c1-13-18(21)14(2)27(24-13)12-17-23-20(29-25-17)19(28)22-11-15-5-7-16(8-6-15)26-9-3-4-10-26/h3-10H,11-12H2,1-2H3,(H,22,28). The van der Waals surface area contributed by atoms with Crippen LogP contribution in [0.1, 0.15) is 33.5 Å². The predicted octanol–water partition coefficient (Wildman–Crippen LogP) is 3.31. The van der Waals surface area contributed by atoms with Crippen LogP contribution in [-0.2, 0) is 13.1 Å². The summed E-state index contributed by atoms with van der Waals surface area (Å²) in [6.45, 7) is 4.32. The van der Waals surface area contributed by atoms with Gasteiger partial charge in [0, 0.05) is 24.6 Å². The van der Waals surface area contributed by atoms with Crippen LogP contribution in [-0.4, -0.2) is 30.4 Å². The van der Waals surface area contributed by atoms with Crippen LogP contribution in [0.25, 0.3) is 5.69 Å². The molecule has 0 bridgehead atoms. The fourth-order valence-electron chi connectivity index (χ4n) is 2.92. The lowest BCUT2D eigenvalue weighted by Gasteiger charge is -2.06. The lowest BCUT2D eigenvalue weighted by molar-refractivity contribution is 0.0907. The average molecular weight is 411 g/mol. The first kappa shape index (κ1) is 18.9. The summed E-state index contributed by atoms with van der Waals surface area (Å²) in [6, 6.07) is 11.8. The maximum absolute atomic E-state index is 12.3. The van der Waals surface area contributed by atoms with Gasteiger partial charge in [0.1, 0.15) is 6.54 Å². The van der Waals surface area contributed by atoms with E-state index in [1.54, 1.807) is 4.68 Å². The molecular weight excluding hydrogens is 392 g/mol. The van der Waals surface area contributed by atoms with E-state index in [1.165, 1.54) is 0 Å². The molecule has 0 fully saturated rings. The first-order valence-electron chi connectivity index (χ1n) is 9.04. The van der Waals surface area contributed by atoms with E-state index >= 15 is 0 Å². The maximum atomic E-state index is 12.3. The van der Waals surface area contributed by atoms with Gasteiger partial charge in [-0.2, -0.15) is 10.1 Å². The van der Waals surface area contributed by atoms with Crippen molar-refractivity contribution in [1.82, 2.24) is 29.8 Å². The molecular formula is C20H19ClN6O2. The Bertz CT molecular complexity index is 1130. The summed E-state index contributed by atoms with van der Waals surface area (Å²) in [5, 5.41) is 11.6. The van der Waals surface area contributed by atoms with Gasteiger partial charge in [-0.1, -0.05) is 28.9 Å². The molecule has 8 nitrogen and oxygen atoms in total. The van der Waals surface area contributed by atoms with Crippen molar-refractivity contribution in [2.24, 2.45) is 0 Å². The van der Waals surface area contributed by atoms with E-state index in [4.69, 9.17) is 16.1 Å². The molecule has 1 aromatic carbocycles. The van der Waals surface area contributed by atoms with Crippen molar-refractivity contribution in [3.63, 3.8) is 0 Å². The van der Waals surface area contributed by atoms with Crippen LogP contribution in [0.5, 0.6) is 0 Å². The zero-order valence-electron chi connectivity index (χ0n) is 16.0. The van der Waals surface area contributed by atoms with E-state index in [0.717, 1.165) is 22.6 Å². The highest BCUT2D eigenvalue weighted by Gasteiger charge is 2.17. The minimum absolute atomic E-state index is 0.0865. The van der Waals surface area contributed by atoms with Crippen molar-refractivity contribution in [2.45, 2.75) is 26.9 Å². The normalized spacial score (nSPS) is 11.0. The van der Waals surface area contributed by atoms with Gasteiger partial charge >= 0.3 is 11.8 Å². The van der Waals surface area contributed by atoms with Crippen LogP contribution in [0.3, 0.4) is 0 Å². The van der Waals surface area contributed by atoms with E-state index in [0.29, 0.717) is 17.4 Å². The number of nitrogens with one attached hydrogen (secondary N) is 1. The quantitative estimate of drug-likeness (QED) is 0.526. The molecule has 0 radical (unpaired) electrons. The molecule has 1 amide bonds. The van der Waals surface area contributed by atoms with Crippen LogP contribution in [0.4, 0.5) is 0 Å². The van der Waals surface area contributed by atoms with Crippen LogP contribution >= 0.6 is 11.6 Å². The SMILES string of the molecule is Cc1nn(Cc2noc(C(=O)NCc3ccc(-n4cccc4)cc3)n2)c(C)c1Cl. The van der Waals surface area contributed by atoms with E-state index in [-0.39, 0.29) is 12.4 Å². The zero-order chi connectivity index (χ0) is 20.4. The lowest BCUT2D eigenvalue weighted by Crippen LogP contribution is -2.23. The third kappa shape index (κ3) is 4.07. The second-order valence-electron chi connectivity index (χ2n) is 6.60. The van der Waals surface area contributed by atoms with Crippen LogP contribution in [0.2, 0.25) is 5.02 Å². The Kier molecular flexibility index (Phi) is 5.18. The summed E-state index contributed by atoms with van der Waals surface area (Å²) in [6.07, 6.45) is 3.95. The highest BCUT2D eigenvalue weighted by Crippen LogP contribution is 2.19. The molecule has 3 aromatic heterocycles. The van der Waals surface area contributed by atoms with Gasteiger partial charge in [0.25, 0.3) is 0 Å². The van der Waals surface area contributed by atoms with Crippen LogP contribution < -0.4 is 5.32 Å². The van der Waals surface area contributed by atoms with Crippen molar-refractivity contribution < 1.29 is 9.32 Å². The number of hydrogen-bond donors (Lipinski definition) is 1. The van der Waals surface area contributed by atoms with Crippen LogP contribution in [0, 0.1) is 13.8 Å². The molecule has 9 heteroatoms. The number of nitrogens with zero attached hydrogens (tertiary/aromatic N) is 5. The molecule has 0 unspecified atom stereocenters. The Hall–Kier alpha value is -3.39. The first-order chi connectivity index (χ1) is 14.0. The summed E-state index contributed by atoms with van der Waals surface area (Å²) in [4.78, 5) is 16.5. The summed E-state index contributed by atoms with van der Waals surface area (Å²) >= 11 is 6.15. The van der Waals surface area contributed by atoms with Gasteiger partial charge < -0.3 is 14.4 Å². The molecule has 4 rings (SSSR count). The Morgan fingerprint density at radius 3 is 2.55 bits per heavy atom. The topological polar surface area (TPSA) is 90.8 Å². The Morgan fingerprint density at radius 1 is 1.17 bits per heavy atom. The summed E-state index contributed by atoms with van der Waals surface area (Å²) in [5.74, 6) is -0.158. The Labute approximate surface area is 172 Å². The van der Waals surface area contributed by atoms with Gasteiger partial charge in [-0.05, 0) is 43.7 Å². The number of rotatable bonds is 6. The largest absolute Gasteiger partial charge is 0.344 e. The van der Waals surface area contributed by atoms with Crippen molar-refractivity contribution in [3.8, 4) is 5.69 Å². The number of aryl methyl sites for hydroxylation is 1. The molecule has 0 aliphatic carbocycles. The number of amides is 1. The fraction of sp³-hybridized carbons (Fsp3) is 0.200. The number of hydrogen-bond acceptors (Lipinski definition) is 5. The zero-order valence-corrected chi connectivity index (χ0v) is 16.7. The first-order valence-corrected chi connectivity index (χ1v) is 9.41. The minimum atomic E-state index is -0.426. The Morgan fingerprint density at radius 2 is 1.90 bits per heavy atom. The Balaban J connectivity index is 1.36. The number of aromatic nitrogens is 5. The summed E-state index contributed by atoms with van der Waals surface area (Å²) < 4.78 is 8.77. The van der Waals surface area contributed by atoms with E-state index in [2.05, 4.69) is 20.6 Å². The highest BCUT2D eigenvalue weighted by atomic mass is 35.5. The third-order valence-corrected chi connectivity index (χ3v) is 5.09. The molecule has 0 spiro atoms. The molecule has 3 heterocycles. The molecule has 148 valence electrons. The highest BCUT2D eigenvalue weighted by molar-refractivity contribution is 6.31. The third-order valence-electron chi connectivity index (χ3n) is 4.54. The molecule has 0 aliphatic heterocycles. The molecule has 0 aliphatic rings. The minimum Gasteiger partial charge on any atom is -0.344 e. The van der Waals surface area contributed by atoms with Gasteiger partial charge in [0.15, 0.2) is 5.82 Å². The van der Waals surface area contributed by atoms with Crippen molar-refractivity contribution in [2.75, 3.05) is 0 Å². The second-order valence-corrected chi connectivity index (χ2v) is 6.98. The van der Waals surface area contributed by atoms with Gasteiger partial charge in [-0.15, -0.1) is 0 Å². The summed E-state index contributed by atoms with van der Waals surface area (Å²) in [5.41, 5.74) is 3.55. The number of carbonyl (C=O) groups is 1. The van der Waals surface area contributed by atoms with Crippen molar-refractivity contribution in [3.05, 3.63) is 82.5 Å². The number of carbonyl (C=O) groups excluding carboxylic acids is 1. The monoisotopic (exact) mass is 410 g/mol.